The molecular formula is C13H13ClF6N2. The first-order valence-corrected chi connectivity index (χ1v) is 6.87. The number of nitrogens with zero attached hydrogens (tertiary/aromatic N) is 1. The average Bonchev–Trinajstić information content (AvgIpc) is 2.39. The van der Waals surface area contributed by atoms with Gasteiger partial charge in [0.25, 0.3) is 0 Å². The molecule has 2 rings (SSSR count). The van der Waals surface area contributed by atoms with Crippen molar-refractivity contribution in [2.75, 3.05) is 26.2 Å². The minimum atomic E-state index is -4.80. The average molecular weight is 347 g/mol. The number of rotatable bonds is 2. The van der Waals surface area contributed by atoms with Crippen molar-refractivity contribution in [1.82, 2.24) is 10.2 Å². The van der Waals surface area contributed by atoms with Crippen molar-refractivity contribution in [2.45, 2.75) is 18.4 Å². The van der Waals surface area contributed by atoms with Crippen molar-refractivity contribution in [3.63, 3.8) is 0 Å². The molecule has 1 heterocycles. The van der Waals surface area contributed by atoms with E-state index in [1.807, 2.05) is 0 Å². The van der Waals surface area contributed by atoms with Gasteiger partial charge in [-0.2, -0.15) is 26.3 Å². The van der Waals surface area contributed by atoms with Gasteiger partial charge in [-0.1, -0.05) is 23.7 Å². The van der Waals surface area contributed by atoms with E-state index in [1.54, 1.807) is 0 Å². The van der Waals surface area contributed by atoms with Crippen LogP contribution in [0.25, 0.3) is 0 Å². The molecule has 1 atom stereocenters. The number of piperazine rings is 1. The third-order valence-corrected chi connectivity index (χ3v) is 3.88. The maximum Gasteiger partial charge on any atom is 0.417 e. The van der Waals surface area contributed by atoms with Gasteiger partial charge in [0, 0.05) is 26.2 Å². The van der Waals surface area contributed by atoms with E-state index in [4.69, 9.17) is 11.6 Å². The number of alkyl halides is 6. The van der Waals surface area contributed by atoms with E-state index in [0.29, 0.717) is 19.2 Å². The van der Waals surface area contributed by atoms with E-state index < -0.39 is 34.5 Å². The molecule has 9 heteroatoms. The Labute approximate surface area is 128 Å². The van der Waals surface area contributed by atoms with Crippen LogP contribution in [0.2, 0.25) is 5.02 Å². The van der Waals surface area contributed by atoms with Crippen molar-refractivity contribution in [2.24, 2.45) is 0 Å². The lowest BCUT2D eigenvalue weighted by molar-refractivity contribution is -0.188. The third kappa shape index (κ3) is 3.67. The quantitative estimate of drug-likeness (QED) is 0.818. The molecule has 0 spiro atoms. The summed E-state index contributed by atoms with van der Waals surface area (Å²) in [5.41, 5.74) is -1.82. The fraction of sp³-hybridized carbons (Fsp3) is 0.538. The van der Waals surface area contributed by atoms with Gasteiger partial charge < -0.3 is 5.32 Å². The normalized spacial score (nSPS) is 19.2. The highest BCUT2D eigenvalue weighted by Gasteiger charge is 2.47. The first-order valence-electron chi connectivity index (χ1n) is 6.49. The highest BCUT2D eigenvalue weighted by Crippen LogP contribution is 2.44. The zero-order valence-electron chi connectivity index (χ0n) is 11.2. The Kier molecular flexibility index (Phi) is 4.93. The van der Waals surface area contributed by atoms with Crippen molar-refractivity contribution in [3.05, 3.63) is 34.3 Å². The molecular weight excluding hydrogens is 334 g/mol. The molecule has 1 aliphatic heterocycles. The van der Waals surface area contributed by atoms with Crippen molar-refractivity contribution >= 4 is 11.6 Å². The maximum absolute atomic E-state index is 13.4. The smallest absolute Gasteiger partial charge is 0.314 e. The standard InChI is InChI=1S/C13H13ClF6N2/c14-10-8(2-1-3-9(10)12(15,16)17)11(13(18,19)20)22-6-4-21-5-7-22/h1-3,11,21H,4-7H2/t11-/m1/s1. The van der Waals surface area contributed by atoms with Crippen LogP contribution in [-0.4, -0.2) is 37.3 Å². The topological polar surface area (TPSA) is 15.3 Å². The molecule has 0 radical (unpaired) electrons. The SMILES string of the molecule is FC(F)(F)c1cccc([C@@H](N2CCNCC2)C(F)(F)F)c1Cl. The third-order valence-electron chi connectivity index (χ3n) is 3.46. The van der Waals surface area contributed by atoms with Gasteiger partial charge >= 0.3 is 12.4 Å². The Balaban J connectivity index is 2.48. The summed E-state index contributed by atoms with van der Waals surface area (Å²) in [4.78, 5) is 1.10. The van der Waals surface area contributed by atoms with E-state index in [0.717, 1.165) is 17.0 Å². The summed E-state index contributed by atoms with van der Waals surface area (Å²) in [5.74, 6) is 0. The monoisotopic (exact) mass is 346 g/mol. The van der Waals surface area contributed by atoms with Crippen LogP contribution >= 0.6 is 11.6 Å². The van der Waals surface area contributed by atoms with Crippen LogP contribution in [0.1, 0.15) is 17.2 Å². The summed E-state index contributed by atoms with van der Waals surface area (Å²) >= 11 is 5.65. The second-order valence-corrected chi connectivity index (χ2v) is 5.31. The molecule has 1 aliphatic rings. The molecule has 1 N–H and O–H groups in total. The van der Waals surface area contributed by atoms with Crippen LogP contribution in [0.5, 0.6) is 0 Å². The van der Waals surface area contributed by atoms with Crippen molar-refractivity contribution < 1.29 is 26.3 Å². The molecule has 0 aliphatic carbocycles. The highest BCUT2D eigenvalue weighted by molar-refractivity contribution is 6.32. The van der Waals surface area contributed by atoms with Gasteiger partial charge in [0.2, 0.25) is 0 Å². The predicted octanol–water partition coefficient (Wildman–Crippen LogP) is 3.87. The number of benzene rings is 1. The molecule has 1 aromatic rings. The summed E-state index contributed by atoms with van der Waals surface area (Å²) in [7, 11) is 0. The molecule has 2 nitrogen and oxygen atoms in total. The summed E-state index contributed by atoms with van der Waals surface area (Å²) in [6.45, 7) is 0.833. The molecule has 1 saturated heterocycles. The number of hydrogen-bond donors (Lipinski definition) is 1. The van der Waals surface area contributed by atoms with Gasteiger partial charge in [-0.15, -0.1) is 0 Å². The molecule has 1 fully saturated rings. The van der Waals surface area contributed by atoms with Crippen LogP contribution in [0.15, 0.2) is 18.2 Å². The van der Waals surface area contributed by atoms with Gasteiger partial charge in [-0.3, -0.25) is 4.90 Å². The largest absolute Gasteiger partial charge is 0.417 e. The summed E-state index contributed by atoms with van der Waals surface area (Å²) in [6.07, 6.45) is -9.52. The molecule has 0 bridgehead atoms. The Morgan fingerprint density at radius 2 is 1.64 bits per heavy atom. The van der Waals surface area contributed by atoms with Crippen LogP contribution in [-0.2, 0) is 6.18 Å². The van der Waals surface area contributed by atoms with Gasteiger partial charge in [0.1, 0.15) is 6.04 Å². The van der Waals surface area contributed by atoms with Gasteiger partial charge in [0.05, 0.1) is 10.6 Å². The fourth-order valence-corrected chi connectivity index (χ4v) is 2.84. The van der Waals surface area contributed by atoms with Gasteiger partial charge in [0.15, 0.2) is 0 Å². The summed E-state index contributed by atoms with van der Waals surface area (Å²) in [6, 6.07) is 0.476. The Morgan fingerprint density at radius 1 is 1.05 bits per heavy atom. The van der Waals surface area contributed by atoms with Crippen LogP contribution in [0.3, 0.4) is 0 Å². The molecule has 22 heavy (non-hydrogen) atoms. The van der Waals surface area contributed by atoms with Crippen LogP contribution in [0, 0.1) is 0 Å². The summed E-state index contributed by atoms with van der Waals surface area (Å²) in [5, 5.41) is 2.01. The molecule has 0 aromatic heterocycles. The second kappa shape index (κ2) is 6.25. The second-order valence-electron chi connectivity index (χ2n) is 4.94. The summed E-state index contributed by atoms with van der Waals surface area (Å²) < 4.78 is 78.7. The number of hydrogen-bond acceptors (Lipinski definition) is 2. The first-order chi connectivity index (χ1) is 10.1. The lowest BCUT2D eigenvalue weighted by Gasteiger charge is -2.36. The Hall–Kier alpha value is -0.990. The van der Waals surface area contributed by atoms with E-state index in [9.17, 15) is 26.3 Å². The zero-order chi connectivity index (χ0) is 16.5. The van der Waals surface area contributed by atoms with Gasteiger partial charge in [-0.25, -0.2) is 0 Å². The minimum Gasteiger partial charge on any atom is -0.314 e. The lowest BCUT2D eigenvalue weighted by Crippen LogP contribution is -2.49. The van der Waals surface area contributed by atoms with E-state index in [1.165, 1.54) is 0 Å². The van der Waals surface area contributed by atoms with Crippen LogP contribution < -0.4 is 5.32 Å². The number of nitrogens with one attached hydrogen (secondary N) is 1. The number of halogens is 7. The lowest BCUT2D eigenvalue weighted by atomic mass is 10.0. The molecule has 0 amide bonds. The molecule has 1 aromatic carbocycles. The van der Waals surface area contributed by atoms with Crippen LogP contribution in [0.4, 0.5) is 26.3 Å². The Morgan fingerprint density at radius 3 is 2.14 bits per heavy atom. The van der Waals surface area contributed by atoms with E-state index in [2.05, 4.69) is 5.32 Å². The van der Waals surface area contributed by atoms with E-state index >= 15 is 0 Å². The van der Waals surface area contributed by atoms with E-state index in [-0.39, 0.29) is 13.1 Å². The van der Waals surface area contributed by atoms with Gasteiger partial charge in [-0.05, 0) is 11.6 Å². The first kappa shape index (κ1) is 17.4. The zero-order valence-corrected chi connectivity index (χ0v) is 12.0. The van der Waals surface area contributed by atoms with Crippen molar-refractivity contribution in [3.8, 4) is 0 Å². The molecule has 0 saturated carbocycles. The minimum absolute atomic E-state index is 0.0801. The maximum atomic E-state index is 13.4. The highest BCUT2D eigenvalue weighted by atomic mass is 35.5. The Bertz CT molecular complexity index is 522. The fourth-order valence-electron chi connectivity index (χ4n) is 2.50. The molecule has 0 unspecified atom stereocenters. The molecule has 124 valence electrons. The predicted molar refractivity (Wildman–Crippen MR) is 69.7 cm³/mol. The van der Waals surface area contributed by atoms with Crippen molar-refractivity contribution in [1.29, 1.82) is 0 Å².